The van der Waals surface area contributed by atoms with Gasteiger partial charge in [0.1, 0.15) is 11.6 Å². The lowest BCUT2D eigenvalue weighted by atomic mass is 9.86. The molecule has 0 amide bonds. The standard InChI is InChI=1S/C14H22BrN3O/c1-19-5-4-18-13(16-17-14(18)9-15)8-12-7-10-2-3-11(12)6-10/h10-12H,2-9H2,1H3. The van der Waals surface area contributed by atoms with Crippen LogP contribution < -0.4 is 0 Å². The van der Waals surface area contributed by atoms with E-state index in [9.17, 15) is 0 Å². The van der Waals surface area contributed by atoms with Crippen molar-refractivity contribution in [3.63, 3.8) is 0 Å². The molecule has 0 aliphatic heterocycles. The molecule has 2 fully saturated rings. The number of hydrogen-bond acceptors (Lipinski definition) is 3. The normalized spacial score (nSPS) is 29.3. The van der Waals surface area contributed by atoms with Gasteiger partial charge in [0.15, 0.2) is 0 Å². The van der Waals surface area contributed by atoms with E-state index in [0.717, 1.165) is 54.3 Å². The number of methoxy groups -OCH3 is 1. The van der Waals surface area contributed by atoms with E-state index in [4.69, 9.17) is 4.74 Å². The largest absolute Gasteiger partial charge is 0.383 e. The summed E-state index contributed by atoms with van der Waals surface area (Å²) in [6, 6.07) is 0. The zero-order chi connectivity index (χ0) is 13.2. The average Bonchev–Trinajstić information content (AvgIpc) is 3.11. The van der Waals surface area contributed by atoms with Crippen LogP contribution in [0.1, 0.15) is 37.3 Å². The minimum absolute atomic E-state index is 0.724. The minimum Gasteiger partial charge on any atom is -0.383 e. The zero-order valence-electron chi connectivity index (χ0n) is 11.5. The second-order valence-electron chi connectivity index (χ2n) is 5.95. The molecule has 106 valence electrons. The number of fused-ring (bicyclic) bond motifs is 2. The summed E-state index contributed by atoms with van der Waals surface area (Å²) in [6.45, 7) is 1.59. The lowest BCUT2D eigenvalue weighted by Crippen LogP contribution is -2.18. The Labute approximate surface area is 123 Å². The molecule has 1 heterocycles. The first kappa shape index (κ1) is 13.6. The Morgan fingerprint density at radius 1 is 1.26 bits per heavy atom. The maximum absolute atomic E-state index is 5.20. The van der Waals surface area contributed by atoms with Gasteiger partial charge in [0.25, 0.3) is 0 Å². The highest BCUT2D eigenvalue weighted by Crippen LogP contribution is 2.49. The Bertz CT molecular complexity index is 434. The van der Waals surface area contributed by atoms with E-state index in [1.165, 1.54) is 25.7 Å². The summed E-state index contributed by atoms with van der Waals surface area (Å²) in [4.78, 5) is 0. The maximum Gasteiger partial charge on any atom is 0.143 e. The van der Waals surface area contributed by atoms with Gasteiger partial charge in [-0.2, -0.15) is 0 Å². The van der Waals surface area contributed by atoms with Crippen LogP contribution >= 0.6 is 15.9 Å². The van der Waals surface area contributed by atoms with E-state index in [1.807, 2.05) is 0 Å². The number of halogens is 1. The Hall–Kier alpha value is -0.420. The molecule has 19 heavy (non-hydrogen) atoms. The van der Waals surface area contributed by atoms with Crippen LogP contribution in [0.25, 0.3) is 0 Å². The summed E-state index contributed by atoms with van der Waals surface area (Å²) in [5, 5.41) is 9.48. The second-order valence-corrected chi connectivity index (χ2v) is 6.51. The van der Waals surface area contributed by atoms with E-state index in [2.05, 4.69) is 30.7 Å². The summed E-state index contributed by atoms with van der Waals surface area (Å²) in [7, 11) is 1.74. The summed E-state index contributed by atoms with van der Waals surface area (Å²) < 4.78 is 7.44. The van der Waals surface area contributed by atoms with Crippen molar-refractivity contribution in [2.75, 3.05) is 13.7 Å². The fraction of sp³-hybridized carbons (Fsp3) is 0.857. The van der Waals surface area contributed by atoms with E-state index in [-0.39, 0.29) is 0 Å². The van der Waals surface area contributed by atoms with Crippen molar-refractivity contribution >= 4 is 15.9 Å². The summed E-state index contributed by atoms with van der Waals surface area (Å²) in [6.07, 6.45) is 6.87. The molecule has 1 aromatic rings. The number of ether oxygens (including phenoxy) is 1. The topological polar surface area (TPSA) is 39.9 Å². The Morgan fingerprint density at radius 2 is 2.11 bits per heavy atom. The lowest BCUT2D eigenvalue weighted by Gasteiger charge is -2.21. The molecular formula is C14H22BrN3O. The predicted octanol–water partition coefficient (Wildman–Crippen LogP) is 2.80. The molecule has 0 radical (unpaired) electrons. The smallest absolute Gasteiger partial charge is 0.143 e. The molecular weight excluding hydrogens is 306 g/mol. The monoisotopic (exact) mass is 327 g/mol. The molecule has 5 heteroatoms. The van der Waals surface area contributed by atoms with E-state index < -0.39 is 0 Å². The Kier molecular flexibility index (Phi) is 4.22. The first-order chi connectivity index (χ1) is 9.31. The Balaban J connectivity index is 1.71. The van der Waals surface area contributed by atoms with Gasteiger partial charge in [0, 0.05) is 20.1 Å². The fourth-order valence-corrected chi connectivity index (χ4v) is 4.34. The number of aromatic nitrogens is 3. The van der Waals surface area contributed by atoms with Crippen LogP contribution in [0.5, 0.6) is 0 Å². The molecule has 2 bridgehead atoms. The van der Waals surface area contributed by atoms with Crippen LogP contribution in [0, 0.1) is 17.8 Å². The van der Waals surface area contributed by atoms with Crippen LogP contribution in [-0.2, 0) is 23.0 Å². The summed E-state index contributed by atoms with van der Waals surface area (Å²) >= 11 is 3.49. The van der Waals surface area contributed by atoms with Gasteiger partial charge in [-0.25, -0.2) is 0 Å². The number of hydrogen-bond donors (Lipinski definition) is 0. The van der Waals surface area contributed by atoms with Gasteiger partial charge in [-0.1, -0.05) is 22.4 Å². The van der Waals surface area contributed by atoms with Gasteiger partial charge in [0.2, 0.25) is 0 Å². The molecule has 2 aliphatic carbocycles. The summed E-state index contributed by atoms with van der Waals surface area (Å²) in [5.41, 5.74) is 0. The van der Waals surface area contributed by atoms with Gasteiger partial charge < -0.3 is 9.30 Å². The molecule has 2 aliphatic rings. The molecule has 3 unspecified atom stereocenters. The third kappa shape index (κ3) is 2.72. The van der Waals surface area contributed by atoms with Crippen molar-refractivity contribution in [3.8, 4) is 0 Å². The minimum atomic E-state index is 0.724. The fourth-order valence-electron chi connectivity index (χ4n) is 3.92. The lowest BCUT2D eigenvalue weighted by molar-refractivity contribution is 0.184. The Morgan fingerprint density at radius 3 is 2.74 bits per heavy atom. The van der Waals surface area contributed by atoms with E-state index >= 15 is 0 Å². The van der Waals surface area contributed by atoms with Gasteiger partial charge in [-0.3, -0.25) is 0 Å². The molecule has 4 nitrogen and oxygen atoms in total. The van der Waals surface area contributed by atoms with Crippen molar-refractivity contribution in [1.29, 1.82) is 0 Å². The molecule has 2 saturated carbocycles. The van der Waals surface area contributed by atoms with Gasteiger partial charge in [-0.05, 0) is 37.0 Å². The quantitative estimate of drug-likeness (QED) is 0.754. The zero-order valence-corrected chi connectivity index (χ0v) is 13.1. The van der Waals surface area contributed by atoms with Crippen molar-refractivity contribution in [3.05, 3.63) is 11.6 Å². The van der Waals surface area contributed by atoms with Gasteiger partial charge in [0.05, 0.1) is 11.9 Å². The molecule has 0 spiro atoms. The third-order valence-electron chi connectivity index (χ3n) is 4.87. The van der Waals surface area contributed by atoms with Crippen molar-refractivity contribution in [2.45, 2.75) is 44.0 Å². The van der Waals surface area contributed by atoms with Crippen LogP contribution in [-0.4, -0.2) is 28.5 Å². The molecule has 3 atom stereocenters. The molecule has 0 saturated heterocycles. The SMILES string of the molecule is COCCn1c(CBr)nnc1CC1CC2CCC1C2. The van der Waals surface area contributed by atoms with Gasteiger partial charge >= 0.3 is 0 Å². The van der Waals surface area contributed by atoms with Crippen molar-refractivity contribution in [2.24, 2.45) is 17.8 Å². The molecule has 0 aromatic carbocycles. The van der Waals surface area contributed by atoms with E-state index in [0.29, 0.717) is 0 Å². The van der Waals surface area contributed by atoms with Crippen molar-refractivity contribution < 1.29 is 4.74 Å². The third-order valence-corrected chi connectivity index (χ3v) is 5.37. The van der Waals surface area contributed by atoms with Crippen LogP contribution in [0.2, 0.25) is 0 Å². The van der Waals surface area contributed by atoms with Gasteiger partial charge in [-0.15, -0.1) is 10.2 Å². The highest BCUT2D eigenvalue weighted by atomic mass is 79.9. The molecule has 0 N–H and O–H groups in total. The summed E-state index contributed by atoms with van der Waals surface area (Å²) in [5.74, 6) is 4.97. The number of alkyl halides is 1. The molecule has 3 rings (SSSR count). The first-order valence-corrected chi connectivity index (χ1v) is 8.39. The maximum atomic E-state index is 5.20. The van der Waals surface area contributed by atoms with Crippen LogP contribution in [0.3, 0.4) is 0 Å². The average molecular weight is 328 g/mol. The highest BCUT2D eigenvalue weighted by Gasteiger charge is 2.39. The van der Waals surface area contributed by atoms with E-state index in [1.54, 1.807) is 7.11 Å². The van der Waals surface area contributed by atoms with Crippen LogP contribution in [0.4, 0.5) is 0 Å². The number of nitrogens with zero attached hydrogens (tertiary/aromatic N) is 3. The van der Waals surface area contributed by atoms with Crippen molar-refractivity contribution in [1.82, 2.24) is 14.8 Å². The second kappa shape index (κ2) is 5.92. The first-order valence-electron chi connectivity index (χ1n) is 7.27. The highest BCUT2D eigenvalue weighted by molar-refractivity contribution is 9.08. The van der Waals surface area contributed by atoms with Crippen LogP contribution in [0.15, 0.2) is 0 Å². The number of rotatable bonds is 6. The molecule has 1 aromatic heterocycles. The predicted molar refractivity (Wildman–Crippen MR) is 77.2 cm³/mol.